The predicted octanol–water partition coefficient (Wildman–Crippen LogP) is 3.79. The van der Waals surface area contributed by atoms with Gasteiger partial charge in [-0.2, -0.15) is 0 Å². The monoisotopic (exact) mass is 203 g/mol. The molecule has 0 aromatic heterocycles. The molecule has 15 heavy (non-hydrogen) atoms. The van der Waals surface area contributed by atoms with Gasteiger partial charge in [0.1, 0.15) is 5.75 Å². The van der Waals surface area contributed by atoms with E-state index in [-0.39, 0.29) is 0 Å². The minimum Gasteiger partial charge on any atom is -0.387 e. The van der Waals surface area contributed by atoms with Gasteiger partial charge in [-0.3, -0.25) is 0 Å². The zero-order valence-electron chi connectivity index (χ0n) is 9.74. The lowest BCUT2D eigenvalue weighted by Crippen LogP contribution is -1.99. The minimum absolute atomic E-state index is 0.368. The average Bonchev–Trinajstić information content (AvgIpc) is 2.17. The third-order valence-corrected chi connectivity index (χ3v) is 2.47. The normalized spacial score (nSPS) is 10.5. The molecule has 0 N–H and O–H groups in total. The Labute approximate surface area is 91.5 Å². The zero-order valence-corrected chi connectivity index (χ0v) is 9.74. The molecule has 80 valence electrons. The number of ether oxygens (including phenoxy) is 1. The van der Waals surface area contributed by atoms with Crippen molar-refractivity contribution in [2.24, 2.45) is 0 Å². The third kappa shape index (κ3) is 2.50. The van der Waals surface area contributed by atoms with Crippen LogP contribution in [0.3, 0.4) is 0 Å². The summed E-state index contributed by atoms with van der Waals surface area (Å²) in [4.78, 5) is 0. The third-order valence-electron chi connectivity index (χ3n) is 2.47. The second-order valence-corrected chi connectivity index (χ2v) is 4.27. The van der Waals surface area contributed by atoms with Gasteiger partial charge < -0.3 is 4.74 Å². The largest absolute Gasteiger partial charge is 0.387 e. The topological polar surface area (TPSA) is 33.0 Å². The fraction of sp³-hybridized carbons (Fsp3) is 0.462. The molecule has 0 saturated heterocycles. The van der Waals surface area contributed by atoms with Crippen LogP contribution in [0.15, 0.2) is 18.2 Å². The summed E-state index contributed by atoms with van der Waals surface area (Å²) in [6.45, 7) is 8.40. The number of nitrogens with zero attached hydrogens (tertiary/aromatic N) is 1. The number of benzene rings is 1. The van der Waals surface area contributed by atoms with Crippen molar-refractivity contribution in [3.05, 3.63) is 29.3 Å². The molecule has 2 heteroatoms. The van der Waals surface area contributed by atoms with Gasteiger partial charge in [0.25, 0.3) is 6.26 Å². The molecule has 1 aromatic rings. The minimum atomic E-state index is 0.368. The molecule has 0 bridgehead atoms. The van der Waals surface area contributed by atoms with Crippen molar-refractivity contribution in [2.45, 2.75) is 39.5 Å². The van der Waals surface area contributed by atoms with Crippen molar-refractivity contribution in [3.8, 4) is 12.0 Å². The molecule has 0 aliphatic rings. The Kier molecular flexibility index (Phi) is 3.74. The number of hydrogen-bond acceptors (Lipinski definition) is 2. The summed E-state index contributed by atoms with van der Waals surface area (Å²) in [6, 6.07) is 6.06. The Morgan fingerprint density at radius 2 is 1.53 bits per heavy atom. The van der Waals surface area contributed by atoms with E-state index in [2.05, 4.69) is 27.7 Å². The van der Waals surface area contributed by atoms with Crippen molar-refractivity contribution in [2.75, 3.05) is 0 Å². The maximum Gasteiger partial charge on any atom is 0.292 e. The molecule has 1 aromatic carbocycles. The van der Waals surface area contributed by atoms with Crippen LogP contribution < -0.4 is 4.74 Å². The summed E-state index contributed by atoms with van der Waals surface area (Å²) >= 11 is 0. The number of hydrogen-bond donors (Lipinski definition) is 0. The number of nitriles is 1. The van der Waals surface area contributed by atoms with Crippen LogP contribution in [0.4, 0.5) is 0 Å². The molecule has 0 saturated carbocycles. The molecule has 0 unspecified atom stereocenters. The second kappa shape index (κ2) is 4.84. The first kappa shape index (κ1) is 11.6. The van der Waals surface area contributed by atoms with Crippen molar-refractivity contribution < 1.29 is 4.74 Å². The van der Waals surface area contributed by atoms with Crippen molar-refractivity contribution in [1.29, 1.82) is 5.26 Å². The van der Waals surface area contributed by atoms with Gasteiger partial charge in [-0.05, 0) is 23.0 Å². The van der Waals surface area contributed by atoms with Crippen molar-refractivity contribution >= 4 is 0 Å². The van der Waals surface area contributed by atoms with Crippen LogP contribution in [0.5, 0.6) is 5.75 Å². The highest BCUT2D eigenvalue weighted by Crippen LogP contribution is 2.34. The van der Waals surface area contributed by atoms with E-state index >= 15 is 0 Å². The first-order chi connectivity index (χ1) is 7.07. The van der Waals surface area contributed by atoms with Gasteiger partial charge in [-0.25, -0.2) is 0 Å². The van der Waals surface area contributed by atoms with E-state index < -0.39 is 0 Å². The molecular weight excluding hydrogens is 186 g/mol. The molecule has 0 atom stereocenters. The predicted molar refractivity (Wildman–Crippen MR) is 60.9 cm³/mol. The van der Waals surface area contributed by atoms with Gasteiger partial charge >= 0.3 is 0 Å². The van der Waals surface area contributed by atoms with Crippen molar-refractivity contribution in [3.63, 3.8) is 0 Å². The van der Waals surface area contributed by atoms with Gasteiger partial charge in [0, 0.05) is 0 Å². The molecule has 0 heterocycles. The van der Waals surface area contributed by atoms with E-state index in [1.807, 2.05) is 18.2 Å². The van der Waals surface area contributed by atoms with Crippen LogP contribution in [0.2, 0.25) is 0 Å². The second-order valence-electron chi connectivity index (χ2n) is 4.27. The molecule has 0 aliphatic heterocycles. The van der Waals surface area contributed by atoms with Crippen LogP contribution >= 0.6 is 0 Å². The van der Waals surface area contributed by atoms with Crippen LogP contribution in [0.25, 0.3) is 0 Å². The first-order valence-electron chi connectivity index (χ1n) is 5.26. The molecule has 0 fully saturated rings. The van der Waals surface area contributed by atoms with Gasteiger partial charge in [-0.15, -0.1) is 5.26 Å². The zero-order chi connectivity index (χ0) is 11.4. The maximum atomic E-state index is 8.66. The van der Waals surface area contributed by atoms with Gasteiger partial charge in [0.15, 0.2) is 0 Å². The molecule has 0 spiro atoms. The van der Waals surface area contributed by atoms with Gasteiger partial charge in [0.2, 0.25) is 0 Å². The molecule has 2 nitrogen and oxygen atoms in total. The standard InChI is InChI=1S/C13H17NO/c1-9(2)11-6-5-7-12(10(3)4)13(11)15-8-14/h5-7,9-10H,1-4H3. The Morgan fingerprint density at radius 1 is 1.07 bits per heavy atom. The Bertz CT molecular complexity index is 348. The van der Waals surface area contributed by atoms with Crippen LogP contribution in [0, 0.1) is 11.5 Å². The summed E-state index contributed by atoms with van der Waals surface area (Å²) in [7, 11) is 0. The van der Waals surface area contributed by atoms with E-state index in [0.717, 1.165) is 16.9 Å². The lowest BCUT2D eigenvalue weighted by molar-refractivity contribution is 0.486. The van der Waals surface area contributed by atoms with E-state index in [9.17, 15) is 0 Å². The first-order valence-corrected chi connectivity index (χ1v) is 5.26. The van der Waals surface area contributed by atoms with E-state index in [1.54, 1.807) is 6.26 Å². The summed E-state index contributed by atoms with van der Waals surface area (Å²) in [5.74, 6) is 1.48. The maximum absolute atomic E-state index is 8.66. The van der Waals surface area contributed by atoms with Gasteiger partial charge in [0.05, 0.1) is 0 Å². The smallest absolute Gasteiger partial charge is 0.292 e. The van der Waals surface area contributed by atoms with Crippen LogP contribution in [-0.2, 0) is 0 Å². The molecule has 0 aliphatic carbocycles. The highest BCUT2D eigenvalue weighted by Gasteiger charge is 2.14. The van der Waals surface area contributed by atoms with Crippen LogP contribution in [-0.4, -0.2) is 0 Å². The SMILES string of the molecule is CC(C)c1cccc(C(C)C)c1OC#N. The quantitative estimate of drug-likeness (QED) is 0.700. The Morgan fingerprint density at radius 3 is 1.87 bits per heavy atom. The van der Waals surface area contributed by atoms with E-state index in [0.29, 0.717) is 11.8 Å². The average molecular weight is 203 g/mol. The molecule has 0 radical (unpaired) electrons. The summed E-state index contributed by atoms with van der Waals surface area (Å²) in [5.41, 5.74) is 2.20. The lowest BCUT2D eigenvalue weighted by atomic mass is 9.94. The fourth-order valence-electron chi connectivity index (χ4n) is 1.65. The number of rotatable bonds is 3. The van der Waals surface area contributed by atoms with Gasteiger partial charge in [-0.1, -0.05) is 45.9 Å². The van der Waals surface area contributed by atoms with E-state index in [4.69, 9.17) is 10.00 Å². The molecule has 1 rings (SSSR count). The van der Waals surface area contributed by atoms with Crippen LogP contribution in [0.1, 0.15) is 50.7 Å². The Hall–Kier alpha value is -1.49. The summed E-state index contributed by atoms with van der Waals surface area (Å²) in [6.07, 6.45) is 1.77. The van der Waals surface area contributed by atoms with Crippen molar-refractivity contribution in [1.82, 2.24) is 0 Å². The Balaban J connectivity index is 3.29. The highest BCUT2D eigenvalue weighted by molar-refractivity contribution is 5.45. The summed E-state index contributed by atoms with van der Waals surface area (Å²) < 4.78 is 5.10. The van der Waals surface area contributed by atoms with E-state index in [1.165, 1.54) is 0 Å². The summed E-state index contributed by atoms with van der Waals surface area (Å²) in [5, 5.41) is 8.66. The molecule has 0 amide bonds. The number of para-hydroxylation sites is 1. The molecular formula is C13H17NO. The fourth-order valence-corrected chi connectivity index (χ4v) is 1.65. The highest BCUT2D eigenvalue weighted by atomic mass is 16.5. The lowest BCUT2D eigenvalue weighted by Gasteiger charge is -2.16.